The Hall–Kier alpha value is -1.42. The molecule has 0 bridgehead atoms. The first-order valence-electron chi connectivity index (χ1n) is 4.30. The van der Waals surface area contributed by atoms with E-state index in [4.69, 9.17) is 5.73 Å². The molecule has 2 N–H and O–H groups in total. The van der Waals surface area contributed by atoms with Gasteiger partial charge < -0.3 is 5.73 Å². The van der Waals surface area contributed by atoms with Crippen LogP contribution in [0, 0.1) is 0 Å². The quantitative estimate of drug-likeness (QED) is 0.736. The highest BCUT2D eigenvalue weighted by Gasteiger charge is 2.04. The molecule has 0 aromatic carbocycles. The standard InChI is InChI=1S/C9H12N4/c1-7(5-10)8-2-3-13-6-11-12-9(13)4-8/h2-4,6-7H,5,10H2,1H3. The number of pyridine rings is 1. The van der Waals surface area contributed by atoms with Gasteiger partial charge in [-0.05, 0) is 30.2 Å². The molecule has 0 spiro atoms. The van der Waals surface area contributed by atoms with Crippen molar-refractivity contribution < 1.29 is 0 Å². The fraction of sp³-hybridized carbons (Fsp3) is 0.333. The van der Waals surface area contributed by atoms with E-state index in [0.717, 1.165) is 5.65 Å². The van der Waals surface area contributed by atoms with E-state index in [1.54, 1.807) is 6.33 Å². The minimum absolute atomic E-state index is 0.377. The normalized spacial score (nSPS) is 13.4. The maximum Gasteiger partial charge on any atom is 0.160 e. The average molecular weight is 176 g/mol. The van der Waals surface area contributed by atoms with Crippen LogP contribution in [0.5, 0.6) is 0 Å². The molecule has 13 heavy (non-hydrogen) atoms. The third-order valence-corrected chi connectivity index (χ3v) is 2.25. The van der Waals surface area contributed by atoms with E-state index >= 15 is 0 Å². The number of hydrogen-bond donors (Lipinski definition) is 1. The maximum absolute atomic E-state index is 5.58. The van der Waals surface area contributed by atoms with E-state index < -0.39 is 0 Å². The van der Waals surface area contributed by atoms with Crippen LogP contribution < -0.4 is 5.73 Å². The summed E-state index contributed by atoms with van der Waals surface area (Å²) in [6.07, 6.45) is 3.64. The molecule has 2 rings (SSSR count). The predicted molar refractivity (Wildman–Crippen MR) is 50.5 cm³/mol. The lowest BCUT2D eigenvalue weighted by Crippen LogP contribution is -2.08. The summed E-state index contributed by atoms with van der Waals surface area (Å²) in [7, 11) is 0. The maximum atomic E-state index is 5.58. The summed E-state index contributed by atoms with van der Waals surface area (Å²) < 4.78 is 1.88. The van der Waals surface area contributed by atoms with E-state index in [9.17, 15) is 0 Å². The van der Waals surface area contributed by atoms with Crippen LogP contribution in [-0.2, 0) is 0 Å². The third kappa shape index (κ3) is 1.40. The second-order valence-corrected chi connectivity index (χ2v) is 3.19. The zero-order valence-electron chi connectivity index (χ0n) is 7.51. The molecule has 0 aliphatic carbocycles. The Bertz CT molecular complexity index is 407. The molecule has 0 amide bonds. The Kier molecular flexibility index (Phi) is 1.98. The van der Waals surface area contributed by atoms with Crippen molar-refractivity contribution in [1.82, 2.24) is 14.6 Å². The molecule has 0 radical (unpaired) electrons. The molecule has 2 heterocycles. The fourth-order valence-electron chi connectivity index (χ4n) is 1.28. The van der Waals surface area contributed by atoms with E-state index in [1.165, 1.54) is 5.56 Å². The van der Waals surface area contributed by atoms with Crippen molar-refractivity contribution in [2.45, 2.75) is 12.8 Å². The summed E-state index contributed by atoms with van der Waals surface area (Å²) in [4.78, 5) is 0. The molecule has 4 nitrogen and oxygen atoms in total. The predicted octanol–water partition coefficient (Wildman–Crippen LogP) is 0.792. The fourth-order valence-corrected chi connectivity index (χ4v) is 1.28. The van der Waals surface area contributed by atoms with Gasteiger partial charge >= 0.3 is 0 Å². The van der Waals surface area contributed by atoms with Crippen molar-refractivity contribution in [3.05, 3.63) is 30.2 Å². The summed E-state index contributed by atoms with van der Waals surface area (Å²) in [5, 5.41) is 7.78. The van der Waals surface area contributed by atoms with Gasteiger partial charge in [0, 0.05) is 6.20 Å². The van der Waals surface area contributed by atoms with Gasteiger partial charge in [0.1, 0.15) is 6.33 Å². The number of nitrogens with two attached hydrogens (primary N) is 1. The second kappa shape index (κ2) is 3.14. The molecule has 1 unspecified atom stereocenters. The molecule has 0 aliphatic rings. The van der Waals surface area contributed by atoms with Gasteiger partial charge in [0.25, 0.3) is 0 Å². The van der Waals surface area contributed by atoms with Crippen LogP contribution in [0.15, 0.2) is 24.7 Å². The van der Waals surface area contributed by atoms with Crippen molar-refractivity contribution in [2.24, 2.45) is 5.73 Å². The molecule has 0 aliphatic heterocycles. The summed E-state index contributed by atoms with van der Waals surface area (Å²) in [6, 6.07) is 4.07. The minimum Gasteiger partial charge on any atom is -0.330 e. The Morgan fingerprint density at radius 2 is 2.46 bits per heavy atom. The van der Waals surface area contributed by atoms with Crippen LogP contribution in [0.4, 0.5) is 0 Å². The number of fused-ring (bicyclic) bond motifs is 1. The molecular formula is C9H12N4. The SMILES string of the molecule is CC(CN)c1ccn2cnnc2c1. The molecule has 0 saturated carbocycles. The topological polar surface area (TPSA) is 56.2 Å². The van der Waals surface area contributed by atoms with E-state index in [-0.39, 0.29) is 0 Å². The van der Waals surface area contributed by atoms with Gasteiger partial charge in [0.2, 0.25) is 0 Å². The van der Waals surface area contributed by atoms with Gasteiger partial charge in [-0.3, -0.25) is 4.40 Å². The zero-order valence-corrected chi connectivity index (χ0v) is 7.51. The number of hydrogen-bond acceptors (Lipinski definition) is 3. The van der Waals surface area contributed by atoms with Crippen LogP contribution >= 0.6 is 0 Å². The molecule has 68 valence electrons. The molecule has 1 atom stereocenters. The monoisotopic (exact) mass is 176 g/mol. The van der Waals surface area contributed by atoms with Gasteiger partial charge in [-0.25, -0.2) is 0 Å². The first-order valence-corrected chi connectivity index (χ1v) is 4.30. The molecular weight excluding hydrogens is 164 g/mol. The second-order valence-electron chi connectivity index (χ2n) is 3.19. The lowest BCUT2D eigenvalue weighted by Gasteiger charge is -2.07. The highest BCUT2D eigenvalue weighted by Crippen LogP contribution is 2.14. The number of aromatic nitrogens is 3. The first kappa shape index (κ1) is 8.19. The van der Waals surface area contributed by atoms with Crippen molar-refractivity contribution in [3.63, 3.8) is 0 Å². The Balaban J connectivity index is 2.48. The summed E-state index contributed by atoms with van der Waals surface area (Å²) in [5.41, 5.74) is 7.66. The van der Waals surface area contributed by atoms with E-state index in [1.807, 2.05) is 22.7 Å². The Morgan fingerprint density at radius 1 is 1.62 bits per heavy atom. The van der Waals surface area contributed by atoms with Crippen molar-refractivity contribution >= 4 is 5.65 Å². The van der Waals surface area contributed by atoms with Gasteiger partial charge in [-0.1, -0.05) is 6.92 Å². The minimum atomic E-state index is 0.377. The summed E-state index contributed by atoms with van der Waals surface area (Å²) in [5.74, 6) is 0.377. The lowest BCUT2D eigenvalue weighted by molar-refractivity contribution is 0.772. The number of nitrogens with zero attached hydrogens (tertiary/aromatic N) is 3. The van der Waals surface area contributed by atoms with Crippen LogP contribution in [0.25, 0.3) is 5.65 Å². The van der Waals surface area contributed by atoms with Crippen molar-refractivity contribution in [3.8, 4) is 0 Å². The molecule has 2 aromatic rings. The molecule has 2 aromatic heterocycles. The van der Waals surface area contributed by atoms with Crippen LogP contribution in [0.3, 0.4) is 0 Å². The van der Waals surface area contributed by atoms with Gasteiger partial charge in [-0.15, -0.1) is 10.2 Å². The highest BCUT2D eigenvalue weighted by molar-refractivity contribution is 5.40. The lowest BCUT2D eigenvalue weighted by atomic mass is 10.0. The van der Waals surface area contributed by atoms with Crippen LogP contribution in [-0.4, -0.2) is 21.1 Å². The Labute approximate surface area is 76.4 Å². The zero-order chi connectivity index (χ0) is 9.26. The van der Waals surface area contributed by atoms with Gasteiger partial charge in [-0.2, -0.15) is 0 Å². The summed E-state index contributed by atoms with van der Waals surface area (Å²) >= 11 is 0. The van der Waals surface area contributed by atoms with E-state index in [2.05, 4.69) is 17.1 Å². The largest absolute Gasteiger partial charge is 0.330 e. The van der Waals surface area contributed by atoms with Gasteiger partial charge in [0.05, 0.1) is 0 Å². The summed E-state index contributed by atoms with van der Waals surface area (Å²) in [6.45, 7) is 2.76. The first-order chi connectivity index (χ1) is 6.31. The molecule has 0 fully saturated rings. The van der Waals surface area contributed by atoms with Crippen molar-refractivity contribution in [2.75, 3.05) is 6.54 Å². The molecule has 0 saturated heterocycles. The number of rotatable bonds is 2. The average Bonchev–Trinajstić information content (AvgIpc) is 2.63. The van der Waals surface area contributed by atoms with Crippen LogP contribution in [0.2, 0.25) is 0 Å². The van der Waals surface area contributed by atoms with Crippen LogP contribution in [0.1, 0.15) is 18.4 Å². The van der Waals surface area contributed by atoms with E-state index in [0.29, 0.717) is 12.5 Å². The Morgan fingerprint density at radius 3 is 3.23 bits per heavy atom. The highest BCUT2D eigenvalue weighted by atomic mass is 15.2. The van der Waals surface area contributed by atoms with Gasteiger partial charge in [0.15, 0.2) is 5.65 Å². The smallest absolute Gasteiger partial charge is 0.160 e. The van der Waals surface area contributed by atoms with Crippen molar-refractivity contribution in [1.29, 1.82) is 0 Å². The molecule has 4 heteroatoms. The third-order valence-electron chi connectivity index (χ3n) is 2.25.